The van der Waals surface area contributed by atoms with E-state index in [0.29, 0.717) is 17.1 Å². The summed E-state index contributed by atoms with van der Waals surface area (Å²) in [7, 11) is 3.20. The molecular formula is C20H27N3O3. The van der Waals surface area contributed by atoms with Gasteiger partial charge in [0.1, 0.15) is 0 Å². The number of nitrogens with zero attached hydrogens (tertiary/aromatic N) is 2. The van der Waals surface area contributed by atoms with E-state index in [0.717, 1.165) is 37.3 Å². The van der Waals surface area contributed by atoms with Crippen molar-refractivity contribution < 1.29 is 14.3 Å². The zero-order valence-corrected chi connectivity index (χ0v) is 15.9. The average molecular weight is 357 g/mol. The fraction of sp³-hybridized carbons (Fsp3) is 0.400. The zero-order valence-electron chi connectivity index (χ0n) is 15.9. The van der Waals surface area contributed by atoms with E-state index in [1.807, 2.05) is 29.2 Å². The minimum absolute atomic E-state index is 0.0113. The van der Waals surface area contributed by atoms with Gasteiger partial charge in [0.05, 0.1) is 31.7 Å². The number of ether oxygens (including phenoxy) is 2. The number of nitrogens with one attached hydrogen (secondary N) is 1. The summed E-state index contributed by atoms with van der Waals surface area (Å²) in [6.45, 7) is 5.65. The first-order valence-corrected chi connectivity index (χ1v) is 8.86. The molecule has 6 nitrogen and oxygen atoms in total. The predicted molar refractivity (Wildman–Crippen MR) is 104 cm³/mol. The van der Waals surface area contributed by atoms with Crippen LogP contribution in [0.4, 0.5) is 11.4 Å². The van der Waals surface area contributed by atoms with Crippen molar-refractivity contribution in [1.82, 2.24) is 9.88 Å². The van der Waals surface area contributed by atoms with E-state index in [2.05, 4.69) is 24.1 Å². The van der Waals surface area contributed by atoms with Crippen LogP contribution in [-0.4, -0.2) is 43.1 Å². The molecule has 0 aliphatic heterocycles. The van der Waals surface area contributed by atoms with Crippen molar-refractivity contribution in [2.24, 2.45) is 0 Å². The molecule has 0 aliphatic rings. The molecule has 0 atom stereocenters. The largest absolute Gasteiger partial charge is 0.493 e. The second kappa shape index (κ2) is 9.65. The quantitative estimate of drug-likeness (QED) is 0.732. The number of carbonyl (C=O) groups is 1. The molecule has 2 rings (SSSR count). The Morgan fingerprint density at radius 1 is 1.00 bits per heavy atom. The van der Waals surface area contributed by atoms with Crippen LogP contribution in [0.25, 0.3) is 0 Å². The average Bonchev–Trinajstić information content (AvgIpc) is 2.67. The van der Waals surface area contributed by atoms with Crippen LogP contribution >= 0.6 is 0 Å². The van der Waals surface area contributed by atoms with E-state index in [4.69, 9.17) is 9.47 Å². The second-order valence-corrected chi connectivity index (χ2v) is 5.95. The van der Waals surface area contributed by atoms with E-state index < -0.39 is 0 Å². The van der Waals surface area contributed by atoms with E-state index in [1.54, 1.807) is 26.6 Å². The molecule has 0 spiro atoms. The molecule has 26 heavy (non-hydrogen) atoms. The highest BCUT2D eigenvalue weighted by Gasteiger charge is 2.15. The lowest BCUT2D eigenvalue weighted by Crippen LogP contribution is -2.32. The SMILES string of the molecule is CCCN(CCC)C(=O)c1cncc(Nc2ccc(OC)c(OC)c2)c1. The Kier molecular flexibility index (Phi) is 7.26. The van der Waals surface area contributed by atoms with Crippen LogP contribution in [0.5, 0.6) is 11.5 Å². The predicted octanol–water partition coefficient (Wildman–Crippen LogP) is 4.10. The van der Waals surface area contributed by atoms with Gasteiger partial charge in [0.15, 0.2) is 11.5 Å². The molecule has 0 saturated heterocycles. The van der Waals surface area contributed by atoms with Crippen molar-refractivity contribution in [3.8, 4) is 11.5 Å². The lowest BCUT2D eigenvalue weighted by molar-refractivity contribution is 0.0755. The summed E-state index contributed by atoms with van der Waals surface area (Å²) in [6, 6.07) is 7.38. The molecular weight excluding hydrogens is 330 g/mol. The van der Waals surface area contributed by atoms with Gasteiger partial charge in [-0.15, -0.1) is 0 Å². The number of methoxy groups -OCH3 is 2. The first-order valence-electron chi connectivity index (χ1n) is 8.86. The maximum atomic E-state index is 12.7. The molecule has 1 aromatic carbocycles. The van der Waals surface area contributed by atoms with Crippen LogP contribution in [0.2, 0.25) is 0 Å². The number of aromatic nitrogens is 1. The van der Waals surface area contributed by atoms with Gasteiger partial charge >= 0.3 is 0 Å². The summed E-state index contributed by atoms with van der Waals surface area (Å²) in [5.74, 6) is 1.31. The molecule has 0 fully saturated rings. The van der Waals surface area contributed by atoms with Crippen molar-refractivity contribution in [3.05, 3.63) is 42.2 Å². The fourth-order valence-corrected chi connectivity index (χ4v) is 2.74. The van der Waals surface area contributed by atoms with Gasteiger partial charge in [0, 0.05) is 31.0 Å². The third-order valence-electron chi connectivity index (χ3n) is 3.93. The molecule has 1 N–H and O–H groups in total. The van der Waals surface area contributed by atoms with Crippen LogP contribution < -0.4 is 14.8 Å². The fourth-order valence-electron chi connectivity index (χ4n) is 2.74. The molecule has 1 amide bonds. The van der Waals surface area contributed by atoms with Crippen LogP contribution in [0.1, 0.15) is 37.0 Å². The van der Waals surface area contributed by atoms with Crippen molar-refractivity contribution in [2.45, 2.75) is 26.7 Å². The number of benzene rings is 1. The summed E-state index contributed by atoms with van der Waals surface area (Å²) in [5, 5.41) is 3.26. The molecule has 2 aromatic rings. The second-order valence-electron chi connectivity index (χ2n) is 5.95. The smallest absolute Gasteiger partial charge is 0.255 e. The number of hydrogen-bond donors (Lipinski definition) is 1. The first-order chi connectivity index (χ1) is 12.6. The van der Waals surface area contributed by atoms with Gasteiger partial charge in [0.25, 0.3) is 5.91 Å². The Hall–Kier alpha value is -2.76. The molecule has 140 valence electrons. The van der Waals surface area contributed by atoms with Gasteiger partial charge < -0.3 is 19.7 Å². The molecule has 6 heteroatoms. The minimum Gasteiger partial charge on any atom is -0.493 e. The molecule has 0 unspecified atom stereocenters. The zero-order chi connectivity index (χ0) is 18.9. The molecule has 1 heterocycles. The Balaban J connectivity index is 2.19. The van der Waals surface area contributed by atoms with E-state index in [9.17, 15) is 4.79 Å². The van der Waals surface area contributed by atoms with Gasteiger partial charge in [-0.2, -0.15) is 0 Å². The van der Waals surface area contributed by atoms with Crippen molar-refractivity contribution in [3.63, 3.8) is 0 Å². The van der Waals surface area contributed by atoms with Crippen LogP contribution in [0.15, 0.2) is 36.7 Å². The number of carbonyl (C=O) groups excluding carboxylic acids is 1. The molecule has 0 radical (unpaired) electrons. The monoisotopic (exact) mass is 357 g/mol. The maximum absolute atomic E-state index is 12.7. The standard InChI is InChI=1S/C20H27N3O3/c1-5-9-23(10-6-2)20(24)15-11-17(14-21-13-15)22-16-7-8-18(25-3)19(12-16)26-4/h7-8,11-14,22H,5-6,9-10H2,1-4H3. The normalized spacial score (nSPS) is 10.3. The van der Waals surface area contributed by atoms with Crippen LogP contribution in [0.3, 0.4) is 0 Å². The minimum atomic E-state index is 0.0113. The first kappa shape index (κ1) is 19.6. The third-order valence-corrected chi connectivity index (χ3v) is 3.93. The highest BCUT2D eigenvalue weighted by atomic mass is 16.5. The van der Waals surface area contributed by atoms with Crippen molar-refractivity contribution in [2.75, 3.05) is 32.6 Å². The number of anilines is 2. The summed E-state index contributed by atoms with van der Waals surface area (Å²) < 4.78 is 10.6. The lowest BCUT2D eigenvalue weighted by atomic mass is 10.2. The Bertz CT molecular complexity index is 728. The van der Waals surface area contributed by atoms with Crippen molar-refractivity contribution in [1.29, 1.82) is 0 Å². The van der Waals surface area contributed by atoms with Gasteiger partial charge in [-0.3, -0.25) is 9.78 Å². The molecule has 0 saturated carbocycles. The number of pyridine rings is 1. The molecule has 1 aromatic heterocycles. The van der Waals surface area contributed by atoms with Gasteiger partial charge in [-0.1, -0.05) is 13.8 Å². The van der Waals surface area contributed by atoms with Gasteiger partial charge in [-0.25, -0.2) is 0 Å². The Morgan fingerprint density at radius 3 is 2.31 bits per heavy atom. The summed E-state index contributed by atoms with van der Waals surface area (Å²) >= 11 is 0. The van der Waals surface area contributed by atoms with Crippen LogP contribution in [0, 0.1) is 0 Å². The summed E-state index contributed by atoms with van der Waals surface area (Å²) in [5.41, 5.74) is 2.15. The van der Waals surface area contributed by atoms with E-state index >= 15 is 0 Å². The van der Waals surface area contributed by atoms with Gasteiger partial charge in [-0.05, 0) is 31.0 Å². The van der Waals surface area contributed by atoms with Gasteiger partial charge in [0.2, 0.25) is 0 Å². The lowest BCUT2D eigenvalue weighted by Gasteiger charge is -2.21. The highest BCUT2D eigenvalue weighted by molar-refractivity contribution is 5.95. The Morgan fingerprint density at radius 2 is 1.69 bits per heavy atom. The number of amides is 1. The van der Waals surface area contributed by atoms with Crippen LogP contribution in [-0.2, 0) is 0 Å². The molecule has 0 aliphatic carbocycles. The maximum Gasteiger partial charge on any atom is 0.255 e. The summed E-state index contributed by atoms with van der Waals surface area (Å²) in [4.78, 5) is 18.8. The Labute approximate surface area is 155 Å². The third kappa shape index (κ3) is 4.88. The summed E-state index contributed by atoms with van der Waals surface area (Å²) in [6.07, 6.45) is 5.17. The number of hydrogen-bond acceptors (Lipinski definition) is 5. The van der Waals surface area contributed by atoms with Crippen molar-refractivity contribution >= 4 is 17.3 Å². The number of rotatable bonds is 9. The van der Waals surface area contributed by atoms with E-state index in [-0.39, 0.29) is 5.91 Å². The van der Waals surface area contributed by atoms with E-state index in [1.165, 1.54) is 0 Å². The highest BCUT2D eigenvalue weighted by Crippen LogP contribution is 2.31. The topological polar surface area (TPSA) is 63.7 Å². The molecule has 0 bridgehead atoms.